The van der Waals surface area contributed by atoms with Crippen LogP contribution >= 0.6 is 23.8 Å². The molecule has 1 amide bonds. The second kappa shape index (κ2) is 5.61. The van der Waals surface area contributed by atoms with Crippen LogP contribution in [0, 0.1) is 0 Å². The number of amides is 1. The average Bonchev–Trinajstić information content (AvgIpc) is 2.30. The van der Waals surface area contributed by atoms with Crippen molar-refractivity contribution in [2.75, 3.05) is 14.2 Å². The monoisotopic (exact) mass is 256 g/mol. The number of isothiocyanates is 1. The smallest absolute Gasteiger partial charge is 0.254 e. The van der Waals surface area contributed by atoms with E-state index in [1.54, 1.807) is 0 Å². The van der Waals surface area contributed by atoms with Crippen LogP contribution in [0.25, 0.3) is 0 Å². The lowest BCUT2D eigenvalue weighted by Crippen LogP contribution is -2.18. The Hall–Kier alpha value is -1.42. The molecule has 1 aromatic carbocycles. The van der Waals surface area contributed by atoms with Crippen molar-refractivity contribution in [3.63, 3.8) is 0 Å². The van der Waals surface area contributed by atoms with Gasteiger partial charge in [-0.2, -0.15) is 4.99 Å². The number of carbonyl (C=O) groups excluding carboxylic acids is 1. The van der Waals surface area contributed by atoms with Crippen LogP contribution < -0.4 is 10.1 Å². The predicted molar refractivity (Wildman–Crippen MR) is 66.1 cm³/mol. The highest BCUT2D eigenvalue weighted by atomic mass is 35.5. The van der Waals surface area contributed by atoms with Crippen molar-refractivity contribution >= 4 is 40.6 Å². The minimum Gasteiger partial charge on any atom is -0.496 e. The highest BCUT2D eigenvalue weighted by Crippen LogP contribution is 2.32. The van der Waals surface area contributed by atoms with Crippen molar-refractivity contribution in [1.82, 2.24) is 5.32 Å². The van der Waals surface area contributed by atoms with Crippen LogP contribution in [0.3, 0.4) is 0 Å². The van der Waals surface area contributed by atoms with E-state index in [1.807, 2.05) is 0 Å². The number of aliphatic imine (C=N–C) groups is 1. The molecule has 0 aliphatic carbocycles. The quantitative estimate of drug-likeness (QED) is 0.668. The van der Waals surface area contributed by atoms with Gasteiger partial charge in [-0.1, -0.05) is 11.6 Å². The minimum atomic E-state index is -0.283. The fraction of sp³-hybridized carbons (Fsp3) is 0.200. The molecule has 6 heteroatoms. The van der Waals surface area contributed by atoms with Crippen LogP contribution in [0.1, 0.15) is 10.4 Å². The molecule has 1 aromatic rings. The van der Waals surface area contributed by atoms with Gasteiger partial charge in [0.25, 0.3) is 5.91 Å². The van der Waals surface area contributed by atoms with E-state index in [4.69, 9.17) is 16.3 Å². The summed E-state index contributed by atoms with van der Waals surface area (Å²) in [5, 5.41) is 5.04. The third kappa shape index (κ3) is 2.58. The number of benzene rings is 1. The molecule has 0 aromatic heterocycles. The molecule has 0 atom stereocenters. The van der Waals surface area contributed by atoms with Crippen LogP contribution in [0.5, 0.6) is 5.75 Å². The number of rotatable bonds is 3. The molecule has 0 saturated heterocycles. The van der Waals surface area contributed by atoms with Crippen molar-refractivity contribution in [3.05, 3.63) is 22.7 Å². The average molecular weight is 257 g/mol. The summed E-state index contributed by atoms with van der Waals surface area (Å²) >= 11 is 10.4. The molecule has 1 N–H and O–H groups in total. The highest BCUT2D eigenvalue weighted by Gasteiger charge is 2.14. The first-order valence-corrected chi connectivity index (χ1v) is 5.10. The lowest BCUT2D eigenvalue weighted by Gasteiger charge is -2.08. The second-order valence-electron chi connectivity index (χ2n) is 2.79. The first-order chi connectivity index (χ1) is 7.63. The number of carbonyl (C=O) groups is 1. The minimum absolute atomic E-state index is 0.283. The van der Waals surface area contributed by atoms with Crippen molar-refractivity contribution in [3.8, 4) is 5.75 Å². The van der Waals surface area contributed by atoms with Crippen molar-refractivity contribution in [1.29, 1.82) is 0 Å². The first-order valence-electron chi connectivity index (χ1n) is 4.31. The molecule has 0 fully saturated rings. The SMILES string of the molecule is CNC(=O)c1cc(N=C=S)c(Cl)cc1OC. The Morgan fingerprint density at radius 3 is 2.81 bits per heavy atom. The molecule has 0 spiro atoms. The van der Waals surface area contributed by atoms with Crippen LogP contribution in [-0.4, -0.2) is 25.2 Å². The maximum atomic E-state index is 11.5. The van der Waals surface area contributed by atoms with E-state index in [-0.39, 0.29) is 5.91 Å². The van der Waals surface area contributed by atoms with Crippen LogP contribution in [-0.2, 0) is 0 Å². The van der Waals surface area contributed by atoms with E-state index in [0.29, 0.717) is 22.0 Å². The maximum Gasteiger partial charge on any atom is 0.254 e. The number of thiocarbonyl (C=S) groups is 1. The predicted octanol–water partition coefficient (Wildman–Crippen LogP) is 2.44. The summed E-state index contributed by atoms with van der Waals surface area (Å²) in [4.78, 5) is 15.3. The van der Waals surface area contributed by atoms with Gasteiger partial charge in [0.15, 0.2) is 0 Å². The maximum absolute atomic E-state index is 11.5. The fourth-order valence-electron chi connectivity index (χ4n) is 1.16. The van der Waals surface area contributed by atoms with E-state index in [0.717, 1.165) is 0 Å². The molecular weight excluding hydrogens is 248 g/mol. The molecular formula is C10H9ClN2O2S. The summed E-state index contributed by atoms with van der Waals surface area (Å²) in [6.07, 6.45) is 0. The topological polar surface area (TPSA) is 50.7 Å². The number of nitrogens with zero attached hydrogens (tertiary/aromatic N) is 1. The van der Waals surface area contributed by atoms with Gasteiger partial charge in [0, 0.05) is 13.1 Å². The van der Waals surface area contributed by atoms with Gasteiger partial charge in [-0.15, -0.1) is 0 Å². The lowest BCUT2D eigenvalue weighted by atomic mass is 10.1. The van der Waals surface area contributed by atoms with Crippen LogP contribution in [0.15, 0.2) is 17.1 Å². The number of ether oxygens (including phenoxy) is 1. The van der Waals surface area contributed by atoms with Gasteiger partial charge in [0.05, 0.1) is 28.5 Å². The molecule has 0 heterocycles. The van der Waals surface area contributed by atoms with Gasteiger partial charge >= 0.3 is 0 Å². The summed E-state index contributed by atoms with van der Waals surface area (Å²) in [7, 11) is 2.98. The third-order valence-electron chi connectivity index (χ3n) is 1.91. The molecule has 0 aliphatic rings. The van der Waals surface area contributed by atoms with Gasteiger partial charge in [0.1, 0.15) is 5.75 Å². The van der Waals surface area contributed by atoms with Crippen LogP contribution in [0.2, 0.25) is 5.02 Å². The van der Waals surface area contributed by atoms with E-state index in [9.17, 15) is 4.79 Å². The Labute approximate surface area is 103 Å². The van der Waals surface area contributed by atoms with Crippen molar-refractivity contribution in [2.45, 2.75) is 0 Å². The summed E-state index contributed by atoms with van der Waals surface area (Å²) in [6, 6.07) is 3.01. The van der Waals surface area contributed by atoms with Crippen molar-refractivity contribution in [2.24, 2.45) is 4.99 Å². The zero-order chi connectivity index (χ0) is 12.1. The zero-order valence-electron chi connectivity index (χ0n) is 8.70. The molecule has 0 unspecified atom stereocenters. The number of hydrogen-bond donors (Lipinski definition) is 1. The third-order valence-corrected chi connectivity index (χ3v) is 2.30. The number of halogens is 1. The highest BCUT2D eigenvalue weighted by molar-refractivity contribution is 7.78. The zero-order valence-corrected chi connectivity index (χ0v) is 10.3. The van der Waals surface area contributed by atoms with E-state index < -0.39 is 0 Å². The molecule has 0 saturated carbocycles. The Bertz CT molecular complexity index is 470. The molecule has 16 heavy (non-hydrogen) atoms. The standard InChI is InChI=1S/C10H9ClN2O2S/c1-12-10(14)6-3-8(13-5-16)7(11)4-9(6)15-2/h3-4H,1-2H3,(H,12,14). The molecule has 0 bridgehead atoms. The Morgan fingerprint density at radius 2 is 2.31 bits per heavy atom. The number of hydrogen-bond acceptors (Lipinski definition) is 4. The molecule has 0 radical (unpaired) electrons. The summed E-state index contributed by atoms with van der Waals surface area (Å²) in [6.45, 7) is 0. The summed E-state index contributed by atoms with van der Waals surface area (Å²) in [5.74, 6) is 0.0991. The summed E-state index contributed by atoms with van der Waals surface area (Å²) in [5.41, 5.74) is 0.731. The first kappa shape index (κ1) is 12.6. The van der Waals surface area contributed by atoms with Crippen molar-refractivity contribution < 1.29 is 9.53 Å². The molecule has 4 nitrogen and oxygen atoms in total. The van der Waals surface area contributed by atoms with Gasteiger partial charge in [-0.05, 0) is 18.3 Å². The Balaban J connectivity index is 3.39. The largest absolute Gasteiger partial charge is 0.496 e. The molecule has 84 valence electrons. The molecule has 1 rings (SSSR count). The van der Waals surface area contributed by atoms with E-state index in [1.165, 1.54) is 26.3 Å². The fourth-order valence-corrected chi connectivity index (χ4v) is 1.45. The molecule has 0 aliphatic heterocycles. The van der Waals surface area contributed by atoms with E-state index >= 15 is 0 Å². The van der Waals surface area contributed by atoms with Gasteiger partial charge in [-0.25, -0.2) is 0 Å². The van der Waals surface area contributed by atoms with E-state index in [2.05, 4.69) is 27.7 Å². The lowest BCUT2D eigenvalue weighted by molar-refractivity contribution is 0.0960. The second-order valence-corrected chi connectivity index (χ2v) is 3.38. The Morgan fingerprint density at radius 1 is 1.62 bits per heavy atom. The van der Waals surface area contributed by atoms with Gasteiger partial charge < -0.3 is 10.1 Å². The Kier molecular flexibility index (Phi) is 4.43. The van der Waals surface area contributed by atoms with Crippen LogP contribution in [0.4, 0.5) is 5.69 Å². The normalized spacial score (nSPS) is 9.19. The number of methoxy groups -OCH3 is 1. The van der Waals surface area contributed by atoms with Gasteiger partial charge in [-0.3, -0.25) is 4.79 Å². The van der Waals surface area contributed by atoms with Gasteiger partial charge in [0.2, 0.25) is 0 Å². The number of nitrogens with one attached hydrogen (secondary N) is 1. The summed E-state index contributed by atoms with van der Waals surface area (Å²) < 4.78 is 5.05.